The van der Waals surface area contributed by atoms with E-state index in [4.69, 9.17) is 24.3 Å². The van der Waals surface area contributed by atoms with Crippen LogP contribution < -0.4 is 19.5 Å². The topological polar surface area (TPSA) is 70.4 Å². The Kier molecular flexibility index (Phi) is 5.37. The van der Waals surface area contributed by atoms with Crippen molar-refractivity contribution in [1.82, 2.24) is 14.8 Å². The number of fused-ring (bicyclic) bond motifs is 3. The quantitative estimate of drug-likeness (QED) is 0.371. The number of benzene rings is 3. The number of rotatable bonds is 5. The molecule has 8 heteroatoms. The van der Waals surface area contributed by atoms with Gasteiger partial charge in [-0.3, -0.25) is 0 Å². The smallest absolute Gasteiger partial charge is 0.227 e. The zero-order chi connectivity index (χ0) is 23.9. The summed E-state index contributed by atoms with van der Waals surface area (Å²) in [5.74, 6) is 3.14. The molecule has 0 fully saturated rings. The number of anilines is 1. The summed E-state index contributed by atoms with van der Waals surface area (Å²) in [6.45, 7) is 0. The number of hydrogen-bond acceptors (Lipinski definition) is 7. The molecule has 2 aliphatic rings. The van der Waals surface area contributed by atoms with Gasteiger partial charge < -0.3 is 19.5 Å². The molecule has 0 aliphatic carbocycles. The highest BCUT2D eigenvalue weighted by Gasteiger charge is 2.41. The molecule has 3 aromatic carbocycles. The van der Waals surface area contributed by atoms with Crippen LogP contribution in [0.2, 0.25) is 0 Å². The van der Waals surface area contributed by atoms with Gasteiger partial charge in [-0.05, 0) is 53.8 Å². The van der Waals surface area contributed by atoms with E-state index in [2.05, 4.69) is 35.6 Å². The molecule has 0 amide bonds. The van der Waals surface area contributed by atoms with Gasteiger partial charge >= 0.3 is 0 Å². The van der Waals surface area contributed by atoms with Gasteiger partial charge in [0.1, 0.15) is 29.4 Å². The van der Waals surface area contributed by atoms with E-state index in [1.54, 1.807) is 14.2 Å². The van der Waals surface area contributed by atoms with E-state index < -0.39 is 0 Å². The van der Waals surface area contributed by atoms with Crippen molar-refractivity contribution in [3.8, 4) is 17.2 Å². The summed E-state index contributed by atoms with van der Waals surface area (Å²) in [5.41, 5.74) is 5.18. The molecule has 0 unspecified atom stereocenters. The highest BCUT2D eigenvalue weighted by molar-refractivity contribution is 7.98. The van der Waals surface area contributed by atoms with Crippen molar-refractivity contribution in [3.63, 3.8) is 0 Å². The summed E-state index contributed by atoms with van der Waals surface area (Å²) >= 11 is 1.52. The van der Waals surface area contributed by atoms with Crippen molar-refractivity contribution in [1.29, 1.82) is 0 Å². The molecule has 2 aliphatic heterocycles. The van der Waals surface area contributed by atoms with Gasteiger partial charge in [-0.2, -0.15) is 4.98 Å². The van der Waals surface area contributed by atoms with Crippen LogP contribution in [0.5, 0.6) is 17.2 Å². The Morgan fingerprint density at radius 2 is 1.54 bits per heavy atom. The number of methoxy groups -OCH3 is 2. The Morgan fingerprint density at radius 1 is 0.886 bits per heavy atom. The van der Waals surface area contributed by atoms with E-state index >= 15 is 0 Å². The minimum absolute atomic E-state index is 0.221. The molecule has 3 heterocycles. The molecular weight excluding hydrogens is 460 g/mol. The lowest BCUT2D eigenvalue weighted by atomic mass is 9.84. The number of nitrogens with zero attached hydrogens (tertiary/aromatic N) is 3. The van der Waals surface area contributed by atoms with Crippen LogP contribution in [0.15, 0.2) is 83.5 Å². The molecular formula is C27H24N4O3S. The zero-order valence-corrected chi connectivity index (χ0v) is 20.4. The molecule has 1 aromatic heterocycles. The Bertz CT molecular complexity index is 1410. The molecule has 0 bridgehead atoms. The van der Waals surface area contributed by atoms with Crippen LogP contribution in [-0.2, 0) is 0 Å². The maximum atomic E-state index is 6.68. The normalized spacial score (nSPS) is 18.0. The third-order valence-electron chi connectivity index (χ3n) is 6.39. The van der Waals surface area contributed by atoms with Gasteiger partial charge in [-0.1, -0.05) is 48.2 Å². The molecule has 0 radical (unpaired) electrons. The van der Waals surface area contributed by atoms with E-state index in [1.807, 2.05) is 53.4 Å². The average Bonchev–Trinajstić information content (AvgIpc) is 3.34. The van der Waals surface area contributed by atoms with Crippen molar-refractivity contribution in [2.75, 3.05) is 25.8 Å². The summed E-state index contributed by atoms with van der Waals surface area (Å²) in [4.78, 5) is 4.75. The zero-order valence-electron chi connectivity index (χ0n) is 19.6. The highest BCUT2D eigenvalue weighted by Crippen LogP contribution is 2.51. The minimum Gasteiger partial charge on any atom is -0.497 e. The first kappa shape index (κ1) is 21.6. The van der Waals surface area contributed by atoms with Gasteiger partial charge in [0.25, 0.3) is 0 Å². The maximum absolute atomic E-state index is 6.68. The molecule has 4 aromatic rings. The number of hydrogen-bond donors (Lipinski definition) is 1. The summed E-state index contributed by atoms with van der Waals surface area (Å²) in [5, 5.41) is 9.13. The van der Waals surface area contributed by atoms with Crippen LogP contribution in [0, 0.1) is 0 Å². The van der Waals surface area contributed by atoms with Gasteiger partial charge in [-0.15, -0.1) is 5.10 Å². The van der Waals surface area contributed by atoms with Crippen molar-refractivity contribution >= 4 is 23.4 Å². The molecule has 0 saturated carbocycles. The van der Waals surface area contributed by atoms with E-state index in [0.29, 0.717) is 11.1 Å². The monoisotopic (exact) mass is 484 g/mol. The second-order valence-electron chi connectivity index (χ2n) is 8.26. The fourth-order valence-corrected chi connectivity index (χ4v) is 5.05. The molecule has 7 nitrogen and oxygen atoms in total. The van der Waals surface area contributed by atoms with Crippen molar-refractivity contribution in [3.05, 3.63) is 95.1 Å². The lowest BCUT2D eigenvalue weighted by Crippen LogP contribution is -2.32. The largest absolute Gasteiger partial charge is 0.497 e. The Morgan fingerprint density at radius 3 is 2.20 bits per heavy atom. The van der Waals surface area contributed by atoms with Crippen LogP contribution in [0.25, 0.3) is 5.70 Å². The van der Waals surface area contributed by atoms with Gasteiger partial charge in [-0.25, -0.2) is 4.68 Å². The summed E-state index contributed by atoms with van der Waals surface area (Å²) < 4.78 is 19.4. The number of para-hydroxylation sites is 1. The molecule has 0 spiro atoms. The van der Waals surface area contributed by atoms with Crippen molar-refractivity contribution < 1.29 is 14.2 Å². The first-order chi connectivity index (χ1) is 17.2. The molecule has 1 N–H and O–H groups in total. The van der Waals surface area contributed by atoms with E-state index in [-0.39, 0.29) is 12.1 Å². The Hall–Kier alpha value is -3.91. The van der Waals surface area contributed by atoms with Crippen LogP contribution in [-0.4, -0.2) is 35.2 Å². The SMILES string of the molecule is COc1ccc([C@H]2C3=C(Nc4nc(SC)nn42)c2ccccc2O[C@@H]3c2ccc(OC)cc2)cc1. The first-order valence-corrected chi connectivity index (χ1v) is 12.5. The van der Waals surface area contributed by atoms with Gasteiger partial charge in [0.2, 0.25) is 11.1 Å². The van der Waals surface area contributed by atoms with E-state index in [1.165, 1.54) is 11.8 Å². The standard InChI is InChI=1S/C27H24N4O3S/c1-32-18-12-8-16(9-13-18)24-22-23(28-26-29-27(35-3)30-31(24)26)20-6-4-5-7-21(20)34-25(22)17-10-14-19(33-2)15-11-17/h4-15,24-25H,1-3H3,(H,28,29,30)/t24-,25+/m0/s1. The Labute approximate surface area is 207 Å². The molecule has 0 saturated heterocycles. The number of thioether (sulfide) groups is 1. The third kappa shape index (κ3) is 3.61. The lowest BCUT2D eigenvalue weighted by molar-refractivity contribution is 0.222. The Balaban J connectivity index is 1.59. The van der Waals surface area contributed by atoms with Crippen LogP contribution in [0.4, 0.5) is 5.95 Å². The lowest BCUT2D eigenvalue weighted by Gasteiger charge is -2.39. The van der Waals surface area contributed by atoms with Gasteiger partial charge in [0.15, 0.2) is 0 Å². The third-order valence-corrected chi connectivity index (χ3v) is 6.93. The van der Waals surface area contributed by atoms with Gasteiger partial charge in [0, 0.05) is 11.1 Å². The molecule has 6 rings (SSSR count). The predicted octanol–water partition coefficient (Wildman–Crippen LogP) is 5.58. The second-order valence-corrected chi connectivity index (χ2v) is 9.04. The van der Waals surface area contributed by atoms with Gasteiger partial charge in [0.05, 0.1) is 19.9 Å². The highest BCUT2D eigenvalue weighted by atomic mass is 32.2. The summed E-state index contributed by atoms with van der Waals surface area (Å²) in [6.07, 6.45) is 1.65. The maximum Gasteiger partial charge on any atom is 0.227 e. The molecule has 176 valence electrons. The average molecular weight is 485 g/mol. The van der Waals surface area contributed by atoms with Crippen molar-refractivity contribution in [2.45, 2.75) is 17.3 Å². The summed E-state index contributed by atoms with van der Waals surface area (Å²) in [6, 6.07) is 24.0. The number of ether oxygens (including phenoxy) is 3. The van der Waals surface area contributed by atoms with E-state index in [0.717, 1.165) is 45.2 Å². The first-order valence-electron chi connectivity index (χ1n) is 11.3. The minimum atomic E-state index is -0.333. The summed E-state index contributed by atoms with van der Waals surface area (Å²) in [7, 11) is 3.34. The van der Waals surface area contributed by atoms with Crippen LogP contribution in [0.3, 0.4) is 0 Å². The molecule has 35 heavy (non-hydrogen) atoms. The fraction of sp³-hybridized carbons (Fsp3) is 0.185. The number of aromatic nitrogens is 3. The predicted molar refractivity (Wildman–Crippen MR) is 136 cm³/mol. The van der Waals surface area contributed by atoms with Crippen LogP contribution in [0.1, 0.15) is 28.8 Å². The number of nitrogens with one attached hydrogen (secondary N) is 1. The fourth-order valence-electron chi connectivity index (χ4n) is 4.70. The van der Waals surface area contributed by atoms with E-state index in [9.17, 15) is 0 Å². The molecule has 2 atom stereocenters. The second kappa shape index (κ2) is 8.70. The van der Waals surface area contributed by atoms with Crippen LogP contribution >= 0.6 is 11.8 Å². The van der Waals surface area contributed by atoms with Crippen molar-refractivity contribution in [2.24, 2.45) is 0 Å².